The maximum absolute atomic E-state index is 5.17. The van der Waals surface area contributed by atoms with Crippen LogP contribution in [-0.4, -0.2) is 17.0 Å². The summed E-state index contributed by atoms with van der Waals surface area (Å²) < 4.78 is 5.17. The van der Waals surface area contributed by atoms with E-state index in [9.17, 15) is 0 Å². The van der Waals surface area contributed by atoms with E-state index in [1.807, 2.05) is 24.8 Å². The molecule has 0 fully saturated rings. The molecule has 1 aliphatic heterocycles. The van der Waals surface area contributed by atoms with Crippen LogP contribution in [0.5, 0.6) is 0 Å². The molecule has 0 saturated heterocycles. The Balaban J connectivity index is 1.48. The van der Waals surface area contributed by atoms with Gasteiger partial charge >= 0.3 is 0 Å². The fraction of sp³-hybridized carbons (Fsp3) is 0.357. The van der Waals surface area contributed by atoms with Crippen LogP contribution in [0.25, 0.3) is 0 Å². The van der Waals surface area contributed by atoms with Gasteiger partial charge in [0.25, 0.3) is 0 Å². The zero-order chi connectivity index (χ0) is 12.4. The number of nitrogens with zero attached hydrogens (tertiary/aromatic N) is 1. The summed E-state index contributed by atoms with van der Waals surface area (Å²) in [6.07, 6.45) is 1.16. The number of benzene rings is 1. The van der Waals surface area contributed by atoms with E-state index < -0.39 is 0 Å². The van der Waals surface area contributed by atoms with Gasteiger partial charge in [0.2, 0.25) is 0 Å². The van der Waals surface area contributed by atoms with Gasteiger partial charge in [0, 0.05) is 22.8 Å². The van der Waals surface area contributed by atoms with Crippen molar-refractivity contribution in [1.29, 1.82) is 0 Å². The molecule has 2 aromatic rings. The first-order chi connectivity index (χ1) is 8.81. The van der Waals surface area contributed by atoms with E-state index in [4.69, 9.17) is 4.52 Å². The quantitative estimate of drug-likeness (QED) is 0.917. The maximum Gasteiger partial charge on any atom is 0.150 e. The predicted octanol–water partition coefficient (Wildman–Crippen LogP) is 2.79. The van der Waals surface area contributed by atoms with E-state index in [0.29, 0.717) is 5.25 Å². The molecule has 1 N–H and O–H groups in total. The molecule has 18 heavy (non-hydrogen) atoms. The standard InChI is InChI=1S/C14H16N2OS/c1-10-6-12(17-16-10)8-15-9-13-7-11-4-2-3-5-14(11)18-13/h2-6,13,15H,7-9H2,1H3. The van der Waals surface area contributed by atoms with E-state index >= 15 is 0 Å². The fourth-order valence-electron chi connectivity index (χ4n) is 2.22. The Labute approximate surface area is 111 Å². The van der Waals surface area contributed by atoms with E-state index in [-0.39, 0.29) is 0 Å². The van der Waals surface area contributed by atoms with Gasteiger partial charge in [-0.3, -0.25) is 0 Å². The molecule has 1 unspecified atom stereocenters. The van der Waals surface area contributed by atoms with E-state index in [1.54, 1.807) is 0 Å². The Morgan fingerprint density at radius 2 is 2.33 bits per heavy atom. The SMILES string of the molecule is Cc1cc(CNCC2Cc3ccccc3S2)on1. The molecule has 4 heteroatoms. The van der Waals surface area contributed by atoms with Crippen LogP contribution in [0.1, 0.15) is 17.0 Å². The third-order valence-corrected chi connectivity index (χ3v) is 4.38. The highest BCUT2D eigenvalue weighted by molar-refractivity contribution is 8.00. The topological polar surface area (TPSA) is 38.1 Å². The fourth-order valence-corrected chi connectivity index (χ4v) is 3.51. The third kappa shape index (κ3) is 2.60. The average molecular weight is 260 g/mol. The number of hydrogen-bond acceptors (Lipinski definition) is 4. The second kappa shape index (κ2) is 5.16. The first-order valence-electron chi connectivity index (χ1n) is 6.19. The lowest BCUT2D eigenvalue weighted by Gasteiger charge is -2.08. The van der Waals surface area contributed by atoms with Crippen molar-refractivity contribution in [2.75, 3.05) is 6.54 Å². The number of fused-ring (bicyclic) bond motifs is 1. The minimum Gasteiger partial charge on any atom is -0.360 e. The number of thioether (sulfide) groups is 1. The number of aromatic nitrogens is 1. The molecule has 0 amide bonds. The molecule has 0 spiro atoms. The van der Waals surface area contributed by atoms with Crippen LogP contribution in [0.2, 0.25) is 0 Å². The van der Waals surface area contributed by atoms with Crippen molar-refractivity contribution in [3.63, 3.8) is 0 Å². The molecule has 0 bridgehead atoms. The minimum atomic E-state index is 0.631. The Morgan fingerprint density at radius 3 is 3.11 bits per heavy atom. The molecule has 1 aromatic heterocycles. The zero-order valence-electron chi connectivity index (χ0n) is 10.3. The summed E-state index contributed by atoms with van der Waals surface area (Å²) >= 11 is 1.97. The highest BCUT2D eigenvalue weighted by Gasteiger charge is 2.21. The summed E-state index contributed by atoms with van der Waals surface area (Å²) in [5.41, 5.74) is 2.42. The molecule has 3 rings (SSSR count). The van der Waals surface area contributed by atoms with Crippen LogP contribution in [0.15, 0.2) is 39.8 Å². The van der Waals surface area contributed by atoms with E-state index in [0.717, 1.165) is 31.0 Å². The van der Waals surface area contributed by atoms with Gasteiger partial charge in [-0.1, -0.05) is 23.4 Å². The van der Waals surface area contributed by atoms with Gasteiger partial charge in [0.15, 0.2) is 5.76 Å². The molecule has 94 valence electrons. The third-order valence-electron chi connectivity index (χ3n) is 3.06. The van der Waals surface area contributed by atoms with Gasteiger partial charge in [-0.05, 0) is 25.0 Å². The molecule has 0 saturated carbocycles. The summed E-state index contributed by atoms with van der Waals surface area (Å²) in [5.74, 6) is 0.910. The lowest BCUT2D eigenvalue weighted by atomic mass is 10.1. The first-order valence-corrected chi connectivity index (χ1v) is 7.07. The van der Waals surface area contributed by atoms with Crippen LogP contribution in [0.3, 0.4) is 0 Å². The van der Waals surface area contributed by atoms with Gasteiger partial charge in [0.05, 0.1) is 12.2 Å². The molecular weight excluding hydrogens is 244 g/mol. The number of rotatable bonds is 4. The molecule has 1 aliphatic rings. The second-order valence-electron chi connectivity index (χ2n) is 4.62. The Morgan fingerprint density at radius 1 is 1.44 bits per heavy atom. The molecule has 2 heterocycles. The van der Waals surface area contributed by atoms with Crippen molar-refractivity contribution in [2.24, 2.45) is 0 Å². The van der Waals surface area contributed by atoms with Crippen LogP contribution >= 0.6 is 11.8 Å². The molecule has 3 nitrogen and oxygen atoms in total. The molecule has 0 radical (unpaired) electrons. The van der Waals surface area contributed by atoms with Gasteiger partial charge < -0.3 is 9.84 Å². The summed E-state index contributed by atoms with van der Waals surface area (Å²) in [5, 5.41) is 7.95. The monoisotopic (exact) mass is 260 g/mol. The largest absolute Gasteiger partial charge is 0.360 e. The van der Waals surface area contributed by atoms with E-state index in [2.05, 4.69) is 34.7 Å². The van der Waals surface area contributed by atoms with Gasteiger partial charge in [-0.2, -0.15) is 0 Å². The molecular formula is C14H16N2OS. The highest BCUT2D eigenvalue weighted by Crippen LogP contribution is 2.36. The van der Waals surface area contributed by atoms with Crippen molar-refractivity contribution >= 4 is 11.8 Å². The van der Waals surface area contributed by atoms with Crippen LogP contribution in [0.4, 0.5) is 0 Å². The Hall–Kier alpha value is -1.26. The van der Waals surface area contributed by atoms with Gasteiger partial charge in [0.1, 0.15) is 0 Å². The van der Waals surface area contributed by atoms with Crippen molar-refractivity contribution in [2.45, 2.75) is 30.0 Å². The van der Waals surface area contributed by atoms with Crippen LogP contribution < -0.4 is 5.32 Å². The first kappa shape index (κ1) is 11.8. The molecule has 1 aromatic carbocycles. The number of hydrogen-bond donors (Lipinski definition) is 1. The Bertz CT molecular complexity index is 513. The minimum absolute atomic E-state index is 0.631. The number of aryl methyl sites for hydroxylation is 1. The van der Waals surface area contributed by atoms with Gasteiger partial charge in [-0.15, -0.1) is 11.8 Å². The van der Waals surface area contributed by atoms with Crippen LogP contribution in [0, 0.1) is 6.92 Å². The average Bonchev–Trinajstić information content (AvgIpc) is 2.95. The Kier molecular flexibility index (Phi) is 3.39. The second-order valence-corrected chi connectivity index (χ2v) is 5.96. The van der Waals surface area contributed by atoms with Crippen molar-refractivity contribution < 1.29 is 4.52 Å². The van der Waals surface area contributed by atoms with Crippen LogP contribution in [-0.2, 0) is 13.0 Å². The maximum atomic E-state index is 5.17. The predicted molar refractivity (Wildman–Crippen MR) is 72.7 cm³/mol. The highest BCUT2D eigenvalue weighted by atomic mass is 32.2. The summed E-state index contributed by atoms with van der Waals surface area (Å²) in [6.45, 7) is 3.70. The molecule has 1 atom stereocenters. The smallest absolute Gasteiger partial charge is 0.150 e. The lowest BCUT2D eigenvalue weighted by molar-refractivity contribution is 0.370. The van der Waals surface area contributed by atoms with E-state index in [1.165, 1.54) is 10.5 Å². The number of nitrogens with one attached hydrogen (secondary N) is 1. The lowest BCUT2D eigenvalue weighted by Crippen LogP contribution is -2.23. The summed E-state index contributed by atoms with van der Waals surface area (Å²) in [4.78, 5) is 1.43. The van der Waals surface area contributed by atoms with Crippen molar-refractivity contribution in [3.05, 3.63) is 47.3 Å². The normalized spacial score (nSPS) is 17.9. The van der Waals surface area contributed by atoms with Gasteiger partial charge in [-0.25, -0.2) is 0 Å². The van der Waals surface area contributed by atoms with Crippen molar-refractivity contribution in [3.8, 4) is 0 Å². The molecule has 0 aliphatic carbocycles. The summed E-state index contributed by atoms with van der Waals surface area (Å²) in [7, 11) is 0. The zero-order valence-corrected chi connectivity index (χ0v) is 11.2. The summed E-state index contributed by atoms with van der Waals surface area (Å²) in [6, 6.07) is 10.6. The van der Waals surface area contributed by atoms with Crippen molar-refractivity contribution in [1.82, 2.24) is 10.5 Å².